The van der Waals surface area contributed by atoms with Gasteiger partial charge in [-0.1, -0.05) is 60.5 Å². The zero-order chi connectivity index (χ0) is 14.0. The van der Waals surface area contributed by atoms with E-state index in [1.165, 1.54) is 5.56 Å². The van der Waals surface area contributed by atoms with Gasteiger partial charge in [0.15, 0.2) is 0 Å². The Labute approximate surface area is 124 Å². The second-order valence-corrected chi connectivity index (χ2v) is 5.97. The molecule has 0 unspecified atom stereocenters. The Hall–Kier alpha value is -1.60. The fourth-order valence-electron chi connectivity index (χ4n) is 3.02. The molecule has 102 valence electrons. The Kier molecular flexibility index (Phi) is 3.62. The minimum Gasteiger partial charge on any atom is -0.298 e. The number of benzene rings is 2. The first-order chi connectivity index (χ1) is 9.71. The normalized spacial score (nSPS) is 16.4. The third-order valence-corrected chi connectivity index (χ3v) is 4.56. The molecule has 1 aliphatic rings. The van der Waals surface area contributed by atoms with E-state index >= 15 is 0 Å². The third-order valence-electron chi connectivity index (χ3n) is 4.32. The Balaban J connectivity index is 1.85. The third kappa shape index (κ3) is 2.38. The van der Waals surface area contributed by atoms with Crippen LogP contribution in [0.25, 0.3) is 0 Å². The molecule has 20 heavy (non-hydrogen) atoms. The van der Waals surface area contributed by atoms with Crippen LogP contribution in [0.5, 0.6) is 0 Å². The summed E-state index contributed by atoms with van der Waals surface area (Å²) in [6, 6.07) is 17.8. The molecule has 0 spiro atoms. The van der Waals surface area contributed by atoms with Crippen LogP contribution in [0, 0.1) is 0 Å². The zero-order valence-electron chi connectivity index (χ0n) is 11.3. The molecule has 1 fully saturated rings. The predicted octanol–water partition coefficient (Wildman–Crippen LogP) is 4.57. The lowest BCUT2D eigenvalue weighted by Crippen LogP contribution is -2.43. The number of halogens is 1. The van der Waals surface area contributed by atoms with E-state index in [0.717, 1.165) is 24.8 Å². The molecule has 0 radical (unpaired) electrons. The molecular formula is C18H17ClO. The number of carbonyl (C=O) groups is 1. The first-order valence-corrected chi connectivity index (χ1v) is 7.42. The van der Waals surface area contributed by atoms with Crippen LogP contribution in [0.3, 0.4) is 0 Å². The van der Waals surface area contributed by atoms with Crippen molar-refractivity contribution in [1.29, 1.82) is 0 Å². The lowest BCUT2D eigenvalue weighted by Gasteiger charge is -2.41. The minimum absolute atomic E-state index is 0.260. The Morgan fingerprint density at radius 3 is 2.40 bits per heavy atom. The summed E-state index contributed by atoms with van der Waals surface area (Å²) >= 11 is 6.00. The van der Waals surface area contributed by atoms with E-state index in [9.17, 15) is 4.79 Å². The summed E-state index contributed by atoms with van der Waals surface area (Å²) in [5, 5.41) is 0.692. The monoisotopic (exact) mass is 284 g/mol. The SMILES string of the molecule is O=C(Cc1cccc(Cl)c1)C1(c2ccccc2)CCC1. The molecular weight excluding hydrogens is 268 g/mol. The Morgan fingerprint density at radius 1 is 1.05 bits per heavy atom. The van der Waals surface area contributed by atoms with Gasteiger partial charge in [0.05, 0.1) is 5.41 Å². The highest BCUT2D eigenvalue weighted by Gasteiger charge is 2.44. The molecule has 0 aromatic heterocycles. The molecule has 0 heterocycles. The highest BCUT2D eigenvalue weighted by molar-refractivity contribution is 6.30. The molecule has 0 atom stereocenters. The van der Waals surface area contributed by atoms with Crippen LogP contribution in [0.2, 0.25) is 5.02 Å². The average Bonchev–Trinajstić information content (AvgIpc) is 2.38. The van der Waals surface area contributed by atoms with Crippen molar-refractivity contribution in [1.82, 2.24) is 0 Å². The smallest absolute Gasteiger partial charge is 0.147 e. The highest BCUT2D eigenvalue weighted by Crippen LogP contribution is 2.45. The average molecular weight is 285 g/mol. The maximum absolute atomic E-state index is 12.8. The molecule has 2 aromatic carbocycles. The number of hydrogen-bond donors (Lipinski definition) is 0. The Morgan fingerprint density at radius 2 is 1.80 bits per heavy atom. The second kappa shape index (κ2) is 5.41. The molecule has 3 rings (SSSR count). The standard InChI is InChI=1S/C18H17ClO/c19-16-9-4-6-14(12-16)13-17(20)18(10-5-11-18)15-7-2-1-3-8-15/h1-4,6-9,12H,5,10-11,13H2. The first kappa shape index (κ1) is 13.4. The van der Waals surface area contributed by atoms with Crippen LogP contribution in [0.15, 0.2) is 54.6 Å². The minimum atomic E-state index is -0.260. The van der Waals surface area contributed by atoms with Gasteiger partial charge in [-0.25, -0.2) is 0 Å². The topological polar surface area (TPSA) is 17.1 Å². The number of rotatable bonds is 4. The predicted molar refractivity (Wildman–Crippen MR) is 82.1 cm³/mol. The van der Waals surface area contributed by atoms with Crippen LogP contribution in [-0.2, 0) is 16.6 Å². The van der Waals surface area contributed by atoms with Gasteiger partial charge in [0, 0.05) is 11.4 Å². The van der Waals surface area contributed by atoms with Crippen molar-refractivity contribution in [2.45, 2.75) is 31.1 Å². The fraction of sp³-hybridized carbons (Fsp3) is 0.278. The molecule has 0 bridgehead atoms. The number of carbonyl (C=O) groups excluding carboxylic acids is 1. The van der Waals surface area contributed by atoms with Gasteiger partial charge in [0.2, 0.25) is 0 Å². The van der Waals surface area contributed by atoms with E-state index in [-0.39, 0.29) is 5.41 Å². The highest BCUT2D eigenvalue weighted by atomic mass is 35.5. The lowest BCUT2D eigenvalue weighted by atomic mass is 9.61. The summed E-state index contributed by atoms with van der Waals surface area (Å²) in [5.74, 6) is 0.317. The fourth-order valence-corrected chi connectivity index (χ4v) is 3.23. The molecule has 2 heteroatoms. The van der Waals surface area contributed by atoms with Crippen LogP contribution >= 0.6 is 11.6 Å². The molecule has 0 saturated heterocycles. The Bertz CT molecular complexity index is 614. The van der Waals surface area contributed by atoms with E-state index in [2.05, 4.69) is 12.1 Å². The number of hydrogen-bond acceptors (Lipinski definition) is 1. The molecule has 1 aliphatic carbocycles. The van der Waals surface area contributed by atoms with Gasteiger partial charge in [-0.3, -0.25) is 4.79 Å². The quantitative estimate of drug-likeness (QED) is 0.803. The summed E-state index contributed by atoms with van der Waals surface area (Å²) in [6.07, 6.45) is 3.54. The van der Waals surface area contributed by atoms with E-state index in [1.54, 1.807) is 0 Å². The van der Waals surface area contributed by atoms with Gasteiger partial charge in [-0.05, 0) is 36.1 Å². The largest absolute Gasteiger partial charge is 0.298 e. The summed E-state index contributed by atoms with van der Waals surface area (Å²) in [4.78, 5) is 12.8. The summed E-state index contributed by atoms with van der Waals surface area (Å²) in [5.41, 5.74) is 1.91. The van der Waals surface area contributed by atoms with Crippen molar-refractivity contribution in [2.75, 3.05) is 0 Å². The molecule has 1 nitrogen and oxygen atoms in total. The molecule has 0 aliphatic heterocycles. The molecule has 2 aromatic rings. The van der Waals surface area contributed by atoms with E-state index < -0.39 is 0 Å². The van der Waals surface area contributed by atoms with E-state index in [1.807, 2.05) is 42.5 Å². The summed E-state index contributed by atoms with van der Waals surface area (Å²) < 4.78 is 0. The van der Waals surface area contributed by atoms with Gasteiger partial charge >= 0.3 is 0 Å². The van der Waals surface area contributed by atoms with Crippen molar-refractivity contribution < 1.29 is 4.79 Å². The molecule has 1 saturated carbocycles. The number of Topliss-reactive ketones (excluding diaryl/α,β-unsaturated/α-hetero) is 1. The van der Waals surface area contributed by atoms with Crippen molar-refractivity contribution in [2.24, 2.45) is 0 Å². The van der Waals surface area contributed by atoms with Crippen molar-refractivity contribution in [3.05, 3.63) is 70.7 Å². The van der Waals surface area contributed by atoms with Crippen molar-refractivity contribution in [3.8, 4) is 0 Å². The lowest BCUT2D eigenvalue weighted by molar-refractivity contribution is -0.127. The van der Waals surface area contributed by atoms with Crippen molar-refractivity contribution >= 4 is 17.4 Å². The van der Waals surface area contributed by atoms with Gasteiger partial charge < -0.3 is 0 Å². The van der Waals surface area contributed by atoms with Crippen LogP contribution in [0.1, 0.15) is 30.4 Å². The van der Waals surface area contributed by atoms with Gasteiger partial charge in [0.25, 0.3) is 0 Å². The van der Waals surface area contributed by atoms with Crippen LogP contribution < -0.4 is 0 Å². The van der Waals surface area contributed by atoms with Gasteiger partial charge in [0.1, 0.15) is 5.78 Å². The summed E-state index contributed by atoms with van der Waals surface area (Å²) in [6.45, 7) is 0. The van der Waals surface area contributed by atoms with E-state index in [4.69, 9.17) is 11.6 Å². The maximum atomic E-state index is 12.8. The number of ketones is 1. The summed E-state index contributed by atoms with van der Waals surface area (Å²) in [7, 11) is 0. The van der Waals surface area contributed by atoms with Gasteiger partial charge in [-0.2, -0.15) is 0 Å². The second-order valence-electron chi connectivity index (χ2n) is 5.53. The van der Waals surface area contributed by atoms with Gasteiger partial charge in [-0.15, -0.1) is 0 Å². The first-order valence-electron chi connectivity index (χ1n) is 7.04. The molecule has 0 N–H and O–H groups in total. The van der Waals surface area contributed by atoms with Crippen LogP contribution in [-0.4, -0.2) is 5.78 Å². The zero-order valence-corrected chi connectivity index (χ0v) is 12.1. The van der Waals surface area contributed by atoms with E-state index in [0.29, 0.717) is 17.2 Å². The van der Waals surface area contributed by atoms with Crippen molar-refractivity contribution in [3.63, 3.8) is 0 Å². The molecule has 0 amide bonds. The van der Waals surface area contributed by atoms with Crippen LogP contribution in [0.4, 0.5) is 0 Å². The maximum Gasteiger partial charge on any atom is 0.147 e.